The first-order chi connectivity index (χ1) is 6.80. The number of amides is 1. The second-order valence-corrected chi connectivity index (χ2v) is 6.29. The van der Waals surface area contributed by atoms with Gasteiger partial charge in [-0.05, 0) is 23.7 Å². The second-order valence-electron chi connectivity index (χ2n) is 6.29. The van der Waals surface area contributed by atoms with E-state index in [2.05, 4.69) is 34.6 Å². The van der Waals surface area contributed by atoms with Gasteiger partial charge in [-0.1, -0.05) is 34.6 Å². The van der Waals surface area contributed by atoms with E-state index in [0.29, 0.717) is 23.2 Å². The lowest BCUT2D eigenvalue weighted by molar-refractivity contribution is -0.140. The number of carbonyl (C=O) groups excluding carboxylic acids is 1. The van der Waals surface area contributed by atoms with Gasteiger partial charge in [-0.25, -0.2) is 0 Å². The van der Waals surface area contributed by atoms with Gasteiger partial charge in [0, 0.05) is 19.5 Å². The van der Waals surface area contributed by atoms with Gasteiger partial charge in [-0.15, -0.1) is 0 Å². The molecule has 2 nitrogen and oxygen atoms in total. The fraction of sp³-hybridized carbons (Fsp3) is 0.923. The van der Waals surface area contributed by atoms with Crippen molar-refractivity contribution >= 4 is 5.91 Å². The Balaban J connectivity index is 2.24. The van der Waals surface area contributed by atoms with Crippen LogP contribution in [0.5, 0.6) is 0 Å². The first-order valence-corrected chi connectivity index (χ1v) is 6.08. The fourth-order valence-corrected chi connectivity index (χ4v) is 1.80. The predicted molar refractivity (Wildman–Crippen MR) is 63.6 cm³/mol. The molecule has 1 aliphatic rings. The van der Waals surface area contributed by atoms with Gasteiger partial charge in [0.05, 0.1) is 0 Å². The first kappa shape index (κ1) is 12.5. The number of likely N-dealkylation sites (tertiary alicyclic amines) is 1. The lowest BCUT2D eigenvalue weighted by Crippen LogP contribution is -2.54. The minimum absolute atomic E-state index is 0.351. The van der Waals surface area contributed by atoms with Crippen molar-refractivity contribution in [3.8, 4) is 0 Å². The van der Waals surface area contributed by atoms with Gasteiger partial charge < -0.3 is 4.90 Å². The van der Waals surface area contributed by atoms with Gasteiger partial charge in [0.1, 0.15) is 0 Å². The Labute approximate surface area is 94.0 Å². The molecule has 2 heteroatoms. The number of nitrogens with zero attached hydrogens (tertiary/aromatic N) is 1. The molecule has 1 heterocycles. The summed E-state index contributed by atoms with van der Waals surface area (Å²) in [5.74, 6) is 1.68. The highest BCUT2D eigenvalue weighted by Gasteiger charge is 2.37. The Morgan fingerprint density at radius 1 is 1.33 bits per heavy atom. The van der Waals surface area contributed by atoms with Crippen LogP contribution >= 0.6 is 0 Å². The van der Waals surface area contributed by atoms with E-state index >= 15 is 0 Å². The van der Waals surface area contributed by atoms with Crippen LogP contribution in [-0.4, -0.2) is 23.9 Å². The minimum Gasteiger partial charge on any atom is -0.342 e. The quantitative estimate of drug-likeness (QED) is 0.703. The van der Waals surface area contributed by atoms with E-state index in [0.717, 1.165) is 25.9 Å². The molecule has 1 fully saturated rings. The third-order valence-electron chi connectivity index (χ3n) is 3.39. The second kappa shape index (κ2) is 4.54. The SMILES string of the molecule is CC(C)CCC(=O)N1CC(C(C)(C)C)C1. The smallest absolute Gasteiger partial charge is 0.222 e. The van der Waals surface area contributed by atoms with Crippen molar-refractivity contribution in [3.63, 3.8) is 0 Å². The zero-order chi connectivity index (χ0) is 11.6. The summed E-state index contributed by atoms with van der Waals surface area (Å²) in [6, 6.07) is 0. The van der Waals surface area contributed by atoms with E-state index in [4.69, 9.17) is 0 Å². The standard InChI is InChI=1S/C13H25NO/c1-10(2)6-7-12(15)14-8-11(9-14)13(3,4)5/h10-11H,6-9H2,1-5H3. The highest BCUT2D eigenvalue weighted by molar-refractivity contribution is 5.77. The average molecular weight is 211 g/mol. The van der Waals surface area contributed by atoms with E-state index in [1.54, 1.807) is 0 Å². The summed E-state index contributed by atoms with van der Waals surface area (Å²) in [7, 11) is 0. The Bertz CT molecular complexity index is 221. The Morgan fingerprint density at radius 3 is 2.27 bits per heavy atom. The van der Waals surface area contributed by atoms with Crippen LogP contribution in [-0.2, 0) is 4.79 Å². The summed E-state index contributed by atoms with van der Waals surface area (Å²) < 4.78 is 0. The molecule has 1 saturated heterocycles. The molecule has 0 saturated carbocycles. The number of hydrogen-bond acceptors (Lipinski definition) is 1. The molecular formula is C13H25NO. The van der Waals surface area contributed by atoms with Crippen molar-refractivity contribution in [1.82, 2.24) is 4.90 Å². The summed E-state index contributed by atoms with van der Waals surface area (Å²) in [6.45, 7) is 13.1. The van der Waals surface area contributed by atoms with Crippen LogP contribution in [0.3, 0.4) is 0 Å². The van der Waals surface area contributed by atoms with Gasteiger partial charge in [-0.2, -0.15) is 0 Å². The maximum absolute atomic E-state index is 11.7. The third-order valence-corrected chi connectivity index (χ3v) is 3.39. The molecule has 0 bridgehead atoms. The molecule has 0 aromatic heterocycles. The Kier molecular flexibility index (Phi) is 3.80. The molecule has 0 unspecified atom stereocenters. The zero-order valence-corrected chi connectivity index (χ0v) is 10.8. The fourth-order valence-electron chi connectivity index (χ4n) is 1.80. The van der Waals surface area contributed by atoms with E-state index in [-0.39, 0.29) is 0 Å². The molecule has 0 radical (unpaired) electrons. The topological polar surface area (TPSA) is 20.3 Å². The highest BCUT2D eigenvalue weighted by Crippen LogP contribution is 2.33. The minimum atomic E-state index is 0.351. The van der Waals surface area contributed by atoms with Crippen LogP contribution in [0.2, 0.25) is 0 Å². The summed E-state index contributed by atoms with van der Waals surface area (Å²) in [4.78, 5) is 13.7. The largest absolute Gasteiger partial charge is 0.342 e. The van der Waals surface area contributed by atoms with E-state index in [9.17, 15) is 4.79 Å². The van der Waals surface area contributed by atoms with Gasteiger partial charge in [0.2, 0.25) is 5.91 Å². The van der Waals surface area contributed by atoms with Gasteiger partial charge in [0.25, 0.3) is 0 Å². The zero-order valence-electron chi connectivity index (χ0n) is 10.8. The summed E-state index contributed by atoms with van der Waals surface area (Å²) in [5.41, 5.74) is 0.356. The van der Waals surface area contributed by atoms with Crippen LogP contribution in [0, 0.1) is 17.3 Å². The number of rotatable bonds is 3. The van der Waals surface area contributed by atoms with Crippen molar-refractivity contribution < 1.29 is 4.79 Å². The molecule has 0 N–H and O–H groups in total. The molecule has 15 heavy (non-hydrogen) atoms. The van der Waals surface area contributed by atoms with Gasteiger partial charge >= 0.3 is 0 Å². The maximum Gasteiger partial charge on any atom is 0.222 e. The first-order valence-electron chi connectivity index (χ1n) is 6.08. The molecule has 0 aliphatic carbocycles. The molecule has 1 aliphatic heterocycles. The maximum atomic E-state index is 11.7. The molecule has 0 aromatic carbocycles. The molecule has 0 aromatic rings. The lowest BCUT2D eigenvalue weighted by atomic mass is 9.76. The molecular weight excluding hydrogens is 186 g/mol. The van der Waals surface area contributed by atoms with Crippen LogP contribution in [0.25, 0.3) is 0 Å². The monoisotopic (exact) mass is 211 g/mol. The van der Waals surface area contributed by atoms with Crippen LogP contribution in [0.1, 0.15) is 47.5 Å². The van der Waals surface area contributed by atoms with Gasteiger partial charge in [-0.3, -0.25) is 4.79 Å². The highest BCUT2D eigenvalue weighted by atomic mass is 16.2. The number of hydrogen-bond donors (Lipinski definition) is 0. The van der Waals surface area contributed by atoms with E-state index < -0.39 is 0 Å². The van der Waals surface area contributed by atoms with Crippen LogP contribution in [0.4, 0.5) is 0 Å². The normalized spacial score (nSPS) is 18.1. The van der Waals surface area contributed by atoms with Crippen LogP contribution < -0.4 is 0 Å². The summed E-state index contributed by atoms with van der Waals surface area (Å²) in [6.07, 6.45) is 1.75. The van der Waals surface area contributed by atoms with Crippen LogP contribution in [0.15, 0.2) is 0 Å². The van der Waals surface area contributed by atoms with Gasteiger partial charge in [0.15, 0.2) is 0 Å². The molecule has 88 valence electrons. The predicted octanol–water partition coefficient (Wildman–Crippen LogP) is 2.93. The average Bonchev–Trinajstić information content (AvgIpc) is 1.94. The molecule has 0 atom stereocenters. The molecule has 1 rings (SSSR count). The van der Waals surface area contributed by atoms with Crippen molar-refractivity contribution in [2.45, 2.75) is 47.5 Å². The van der Waals surface area contributed by atoms with E-state index in [1.165, 1.54) is 0 Å². The van der Waals surface area contributed by atoms with Crippen molar-refractivity contribution in [2.75, 3.05) is 13.1 Å². The summed E-state index contributed by atoms with van der Waals surface area (Å²) >= 11 is 0. The molecule has 0 spiro atoms. The Hall–Kier alpha value is -0.530. The lowest BCUT2D eigenvalue weighted by Gasteiger charge is -2.46. The molecule has 1 amide bonds. The van der Waals surface area contributed by atoms with E-state index in [1.807, 2.05) is 4.90 Å². The van der Waals surface area contributed by atoms with Crippen molar-refractivity contribution in [3.05, 3.63) is 0 Å². The number of carbonyl (C=O) groups is 1. The van der Waals surface area contributed by atoms with Crippen molar-refractivity contribution in [2.24, 2.45) is 17.3 Å². The summed E-state index contributed by atoms with van der Waals surface area (Å²) in [5, 5.41) is 0. The Morgan fingerprint density at radius 2 is 1.87 bits per heavy atom. The third kappa shape index (κ3) is 3.51. The van der Waals surface area contributed by atoms with Crippen molar-refractivity contribution in [1.29, 1.82) is 0 Å².